The summed E-state index contributed by atoms with van der Waals surface area (Å²) in [6, 6.07) is 1.01. The number of carboxylic acid groups (broad SMARTS) is 1. The number of furan rings is 1. The highest BCUT2D eigenvalue weighted by Gasteiger charge is 2.42. The van der Waals surface area contributed by atoms with E-state index in [1.54, 1.807) is 11.8 Å². The lowest BCUT2D eigenvalue weighted by Gasteiger charge is -2.33. The summed E-state index contributed by atoms with van der Waals surface area (Å²) in [5.74, 6) is -0.946. The average molecular weight is 348 g/mol. The second-order valence-corrected chi connectivity index (χ2v) is 7.78. The SMILES string of the molecule is Cc1oc(C(=O)NC2(C(=O)O)CCSCC2)cc1S(N)(=O)=O. The van der Waals surface area contributed by atoms with Crippen molar-refractivity contribution >= 4 is 33.7 Å². The van der Waals surface area contributed by atoms with Crippen molar-refractivity contribution in [1.82, 2.24) is 5.32 Å². The quantitative estimate of drug-likeness (QED) is 0.711. The first-order valence-electron chi connectivity index (χ1n) is 6.43. The van der Waals surface area contributed by atoms with Gasteiger partial charge in [0.1, 0.15) is 16.2 Å². The Bertz CT molecular complexity index is 703. The molecule has 8 nitrogen and oxygen atoms in total. The van der Waals surface area contributed by atoms with Crippen LogP contribution >= 0.6 is 11.8 Å². The van der Waals surface area contributed by atoms with Gasteiger partial charge in [0.2, 0.25) is 10.0 Å². The highest BCUT2D eigenvalue weighted by atomic mass is 32.2. The fourth-order valence-corrected chi connectivity index (χ4v) is 4.15. The van der Waals surface area contributed by atoms with Crippen LogP contribution in [0.15, 0.2) is 15.4 Å². The Balaban J connectivity index is 2.27. The maximum Gasteiger partial charge on any atom is 0.329 e. The molecule has 1 aromatic heterocycles. The number of aliphatic carboxylic acids is 1. The minimum atomic E-state index is -4.00. The molecule has 0 aliphatic carbocycles. The molecule has 1 aromatic rings. The summed E-state index contributed by atoms with van der Waals surface area (Å²) >= 11 is 1.61. The third-order valence-electron chi connectivity index (χ3n) is 3.51. The molecule has 122 valence electrons. The van der Waals surface area contributed by atoms with Gasteiger partial charge in [-0.15, -0.1) is 0 Å². The average Bonchev–Trinajstić information content (AvgIpc) is 2.82. The van der Waals surface area contributed by atoms with Gasteiger partial charge in [0.25, 0.3) is 5.91 Å². The zero-order valence-electron chi connectivity index (χ0n) is 11.8. The number of hydrogen-bond acceptors (Lipinski definition) is 6. The first kappa shape index (κ1) is 16.8. The van der Waals surface area contributed by atoms with Gasteiger partial charge in [-0.2, -0.15) is 11.8 Å². The maximum atomic E-state index is 12.2. The molecule has 1 amide bonds. The summed E-state index contributed by atoms with van der Waals surface area (Å²) in [5.41, 5.74) is -1.36. The van der Waals surface area contributed by atoms with Gasteiger partial charge in [0.05, 0.1) is 0 Å². The second kappa shape index (κ2) is 5.94. The monoisotopic (exact) mass is 348 g/mol. The lowest BCUT2D eigenvalue weighted by Crippen LogP contribution is -2.56. The Labute approximate surface area is 131 Å². The lowest BCUT2D eigenvalue weighted by molar-refractivity contribution is -0.144. The third-order valence-corrected chi connectivity index (χ3v) is 5.52. The minimum Gasteiger partial charge on any atom is -0.480 e. The minimum absolute atomic E-state index is 0.0174. The van der Waals surface area contributed by atoms with E-state index in [1.165, 1.54) is 6.92 Å². The van der Waals surface area contributed by atoms with Crippen LogP contribution in [0.4, 0.5) is 0 Å². The van der Waals surface area contributed by atoms with Gasteiger partial charge in [0.15, 0.2) is 5.76 Å². The molecule has 4 N–H and O–H groups in total. The van der Waals surface area contributed by atoms with E-state index < -0.39 is 27.4 Å². The molecule has 0 bridgehead atoms. The number of carbonyl (C=O) groups is 2. The van der Waals surface area contributed by atoms with Crippen LogP contribution in [0, 0.1) is 6.92 Å². The molecule has 0 aromatic carbocycles. The summed E-state index contributed by atoms with van der Waals surface area (Å²) in [6.45, 7) is 1.36. The maximum absolute atomic E-state index is 12.2. The highest BCUT2D eigenvalue weighted by Crippen LogP contribution is 2.28. The zero-order chi connectivity index (χ0) is 16.5. The molecule has 1 aliphatic heterocycles. The van der Waals surface area contributed by atoms with Crippen molar-refractivity contribution in [2.75, 3.05) is 11.5 Å². The first-order valence-corrected chi connectivity index (χ1v) is 9.13. The van der Waals surface area contributed by atoms with Gasteiger partial charge < -0.3 is 14.8 Å². The molecule has 1 fully saturated rings. The number of carbonyl (C=O) groups excluding carboxylic acids is 1. The van der Waals surface area contributed by atoms with E-state index in [4.69, 9.17) is 9.56 Å². The zero-order valence-corrected chi connectivity index (χ0v) is 13.4. The molecular formula is C12H16N2O6S2. The van der Waals surface area contributed by atoms with Crippen molar-refractivity contribution in [3.8, 4) is 0 Å². The molecule has 1 saturated heterocycles. The number of sulfonamides is 1. The predicted octanol–water partition coefficient (Wildman–Crippen LogP) is 0.316. The molecule has 0 spiro atoms. The summed E-state index contributed by atoms with van der Waals surface area (Å²) in [5, 5.41) is 16.9. The van der Waals surface area contributed by atoms with Crippen molar-refractivity contribution in [3.63, 3.8) is 0 Å². The molecule has 0 atom stereocenters. The number of carboxylic acids is 1. The normalized spacial score (nSPS) is 17.9. The standard InChI is InChI=1S/C12H16N2O6S2/c1-7-9(22(13,18)19)6-8(20-7)10(15)14-12(11(16)17)2-4-21-5-3-12/h6H,2-5H2,1H3,(H,14,15)(H,16,17)(H2,13,18,19). The van der Waals surface area contributed by atoms with Gasteiger partial charge in [-0.25, -0.2) is 18.4 Å². The van der Waals surface area contributed by atoms with Crippen LogP contribution in [0.25, 0.3) is 0 Å². The van der Waals surface area contributed by atoms with Crippen molar-refractivity contribution < 1.29 is 27.5 Å². The Kier molecular flexibility index (Phi) is 4.54. The summed E-state index contributed by atoms with van der Waals surface area (Å²) in [6.07, 6.45) is 0.584. The molecule has 0 unspecified atom stereocenters. The number of rotatable bonds is 4. The first-order chi connectivity index (χ1) is 10.2. The molecule has 22 heavy (non-hydrogen) atoms. The molecule has 2 heterocycles. The number of nitrogens with one attached hydrogen (secondary N) is 1. The number of thioether (sulfide) groups is 1. The van der Waals surface area contributed by atoms with E-state index in [2.05, 4.69) is 5.32 Å². The Hall–Kier alpha value is -1.52. The van der Waals surface area contributed by atoms with E-state index in [0.29, 0.717) is 24.3 Å². The van der Waals surface area contributed by atoms with Crippen LogP contribution in [0.2, 0.25) is 0 Å². The Morgan fingerprint density at radius 3 is 2.45 bits per heavy atom. The highest BCUT2D eigenvalue weighted by molar-refractivity contribution is 7.99. The van der Waals surface area contributed by atoms with Crippen LogP contribution in [0.1, 0.15) is 29.2 Å². The Morgan fingerprint density at radius 1 is 1.41 bits per heavy atom. The van der Waals surface area contributed by atoms with Gasteiger partial charge in [0, 0.05) is 6.07 Å². The Morgan fingerprint density at radius 2 is 2.00 bits per heavy atom. The van der Waals surface area contributed by atoms with Gasteiger partial charge in [-0.05, 0) is 31.3 Å². The summed E-state index contributed by atoms with van der Waals surface area (Å²) in [4.78, 5) is 23.4. The van der Waals surface area contributed by atoms with Crippen LogP contribution in [0.5, 0.6) is 0 Å². The number of hydrogen-bond donors (Lipinski definition) is 3. The molecule has 2 rings (SSSR count). The number of aryl methyl sites for hydroxylation is 1. The number of amides is 1. The van der Waals surface area contributed by atoms with Crippen molar-refractivity contribution in [2.45, 2.75) is 30.2 Å². The molecular weight excluding hydrogens is 332 g/mol. The van der Waals surface area contributed by atoms with Crippen LogP contribution < -0.4 is 10.5 Å². The van der Waals surface area contributed by atoms with Crippen molar-refractivity contribution in [3.05, 3.63) is 17.6 Å². The van der Waals surface area contributed by atoms with Crippen LogP contribution in [-0.2, 0) is 14.8 Å². The summed E-state index contributed by atoms with van der Waals surface area (Å²) in [7, 11) is -4.00. The summed E-state index contributed by atoms with van der Waals surface area (Å²) < 4.78 is 27.8. The van der Waals surface area contributed by atoms with Gasteiger partial charge >= 0.3 is 5.97 Å². The van der Waals surface area contributed by atoms with E-state index >= 15 is 0 Å². The smallest absolute Gasteiger partial charge is 0.329 e. The molecule has 10 heteroatoms. The van der Waals surface area contributed by atoms with Crippen LogP contribution in [0.3, 0.4) is 0 Å². The third kappa shape index (κ3) is 3.28. The fourth-order valence-electron chi connectivity index (χ4n) is 2.25. The molecule has 0 saturated carbocycles. The van der Waals surface area contributed by atoms with Crippen molar-refractivity contribution in [1.29, 1.82) is 0 Å². The van der Waals surface area contributed by atoms with E-state index in [9.17, 15) is 23.1 Å². The van der Waals surface area contributed by atoms with Crippen molar-refractivity contribution in [2.24, 2.45) is 5.14 Å². The lowest BCUT2D eigenvalue weighted by atomic mass is 9.92. The van der Waals surface area contributed by atoms with E-state index in [1.807, 2.05) is 0 Å². The van der Waals surface area contributed by atoms with E-state index in [0.717, 1.165) is 6.07 Å². The second-order valence-electron chi connectivity index (χ2n) is 5.03. The topological polar surface area (TPSA) is 140 Å². The van der Waals surface area contributed by atoms with Crippen LogP contribution in [-0.4, -0.2) is 42.4 Å². The molecule has 1 aliphatic rings. The molecule has 0 radical (unpaired) electrons. The largest absolute Gasteiger partial charge is 0.480 e. The number of primary sulfonamides is 1. The van der Waals surface area contributed by atoms with E-state index in [-0.39, 0.29) is 16.4 Å². The van der Waals surface area contributed by atoms with Gasteiger partial charge in [-0.1, -0.05) is 0 Å². The predicted molar refractivity (Wildman–Crippen MR) is 79.2 cm³/mol. The van der Waals surface area contributed by atoms with Gasteiger partial charge in [-0.3, -0.25) is 4.79 Å². The number of nitrogens with two attached hydrogens (primary N) is 1. The fraction of sp³-hybridized carbons (Fsp3) is 0.500.